The smallest absolute Gasteiger partial charge is 0.203 e. The van der Waals surface area contributed by atoms with Crippen LogP contribution in [0.1, 0.15) is 36.0 Å². The van der Waals surface area contributed by atoms with Gasteiger partial charge in [0, 0.05) is 36.2 Å². The standard InChI is InChI=1S/C29H25F2N3O.C23H21BrFN3O.C17H17FN2O/c30-24-12-10-23(11-13-24)22-8-6-21(7-9-22)20-34-28-5-2-1-4-27(28)33(29(34)32)18-3-19-35-26-16-14-25(31)15-17-26;24-18-8-6-17(7-9-18)16-28-22-5-2-1-4-21(22)27(23(28)26)14-3-15-29-20-12-10-19(25)11-13-20;18-14-6-8-15(9-7-14)21-11-3-10-20-16-5-2-1-4-13(16)12-17(20)19/h1-2,4-17,32H,3,18-20H2;1-2,4-13,26H,3,14-16H2;1-2,4-9,19H,3,10-12H2. The van der Waals surface area contributed by atoms with Gasteiger partial charge >= 0.3 is 0 Å². The van der Waals surface area contributed by atoms with Gasteiger partial charge in [0.15, 0.2) is 0 Å². The summed E-state index contributed by atoms with van der Waals surface area (Å²) in [5.74, 6) is 1.53. The van der Waals surface area contributed by atoms with Gasteiger partial charge in [0.2, 0.25) is 11.2 Å². The Morgan fingerprint density at radius 3 is 1.14 bits per heavy atom. The van der Waals surface area contributed by atoms with Crippen LogP contribution in [-0.2, 0) is 32.6 Å². The van der Waals surface area contributed by atoms with Crippen molar-refractivity contribution in [3.05, 3.63) is 274 Å². The van der Waals surface area contributed by atoms with E-state index in [-0.39, 0.29) is 23.3 Å². The number of hydrogen-bond donors (Lipinski definition) is 3. The van der Waals surface area contributed by atoms with Crippen molar-refractivity contribution < 1.29 is 31.8 Å². The molecule has 12 rings (SSSR count). The van der Waals surface area contributed by atoms with E-state index in [1.54, 1.807) is 48.5 Å². The lowest BCUT2D eigenvalue weighted by Gasteiger charge is -2.19. The number of benzene rings is 9. The summed E-state index contributed by atoms with van der Waals surface area (Å²) in [6, 6.07) is 65.1. The zero-order valence-electron chi connectivity index (χ0n) is 46.6. The quantitative estimate of drug-likeness (QED) is 0.0520. The molecule has 0 fully saturated rings. The molecule has 1 aliphatic rings. The predicted molar refractivity (Wildman–Crippen MR) is 331 cm³/mol. The minimum absolute atomic E-state index is 0.247. The Morgan fingerprint density at radius 2 is 0.718 bits per heavy atom. The van der Waals surface area contributed by atoms with Gasteiger partial charge in [-0.15, -0.1) is 0 Å². The number of hydrogen-bond acceptors (Lipinski definition) is 6. The van der Waals surface area contributed by atoms with E-state index < -0.39 is 0 Å². The van der Waals surface area contributed by atoms with Crippen LogP contribution in [0.25, 0.3) is 33.2 Å². The van der Waals surface area contributed by atoms with E-state index >= 15 is 0 Å². The molecule has 0 saturated heterocycles. The maximum absolute atomic E-state index is 13.2. The van der Waals surface area contributed by atoms with Gasteiger partial charge in [-0.2, -0.15) is 0 Å². The van der Waals surface area contributed by atoms with Gasteiger partial charge in [-0.05, 0) is 174 Å². The van der Waals surface area contributed by atoms with Crippen LogP contribution in [0.4, 0.5) is 23.2 Å². The summed E-state index contributed by atoms with van der Waals surface area (Å²) >= 11 is 3.47. The monoisotopic (exact) mass is 1210 g/mol. The highest BCUT2D eigenvalue weighted by Gasteiger charge is 2.23. The Balaban J connectivity index is 0.000000146. The lowest BCUT2D eigenvalue weighted by Crippen LogP contribution is -2.28. The topological polar surface area (TPSA) is 122 Å². The van der Waals surface area contributed by atoms with Gasteiger partial charge in [0.05, 0.1) is 55.0 Å². The van der Waals surface area contributed by atoms with Gasteiger partial charge in [-0.1, -0.05) is 107 Å². The third kappa shape index (κ3) is 15.2. The Labute approximate surface area is 498 Å². The SMILES string of the molecule is N=C1Cc2ccccc2N1CCCOc1ccc(F)cc1.N=c1n(CCCOc2ccc(F)cc2)c2ccccc2n1Cc1ccc(-c2ccc(F)cc2)cc1.N=c1n(CCCOc2ccc(F)cc2)c2ccccc2n1Cc1ccc(Br)cc1. The van der Waals surface area contributed by atoms with E-state index in [9.17, 15) is 17.6 Å². The molecule has 0 amide bonds. The number of amidine groups is 1. The first-order valence-electron chi connectivity index (χ1n) is 28.1. The number of halogens is 5. The average molecular weight is 1210 g/mol. The molecule has 0 aliphatic carbocycles. The molecule has 3 heterocycles. The molecule has 16 heteroatoms. The second-order valence-electron chi connectivity index (χ2n) is 20.3. The molecule has 9 aromatic carbocycles. The molecular formula is C69H63BrF4N8O3. The second-order valence-corrected chi connectivity index (χ2v) is 21.2. The molecule has 0 atom stereocenters. The molecule has 11 aromatic rings. The van der Waals surface area contributed by atoms with Crippen LogP contribution in [0, 0.1) is 39.5 Å². The number of nitrogens with zero attached hydrogens (tertiary/aromatic N) is 5. The fourth-order valence-corrected chi connectivity index (χ4v) is 10.5. The number of fused-ring (bicyclic) bond motifs is 3. The van der Waals surface area contributed by atoms with Gasteiger partial charge in [0.25, 0.3) is 0 Å². The van der Waals surface area contributed by atoms with Crippen LogP contribution in [0.3, 0.4) is 0 Å². The Morgan fingerprint density at radius 1 is 0.376 bits per heavy atom. The molecule has 0 spiro atoms. The van der Waals surface area contributed by atoms with Crippen LogP contribution in [-0.4, -0.2) is 50.5 Å². The summed E-state index contributed by atoms with van der Waals surface area (Å²) in [5, 5.41) is 25.6. The number of ether oxygens (including phenoxy) is 3. The lowest BCUT2D eigenvalue weighted by molar-refractivity contribution is 0.300. The van der Waals surface area contributed by atoms with E-state index in [2.05, 4.69) is 46.3 Å². The third-order valence-corrected chi connectivity index (χ3v) is 15.0. The van der Waals surface area contributed by atoms with E-state index in [0.717, 1.165) is 73.9 Å². The minimum atomic E-state index is -0.287. The van der Waals surface area contributed by atoms with E-state index in [1.807, 2.05) is 114 Å². The molecule has 85 heavy (non-hydrogen) atoms. The van der Waals surface area contributed by atoms with Crippen molar-refractivity contribution in [1.29, 1.82) is 16.2 Å². The summed E-state index contributed by atoms with van der Waals surface area (Å²) in [6.07, 6.45) is 2.98. The molecule has 0 saturated carbocycles. The fraction of sp³-hybridized carbons (Fsp3) is 0.174. The van der Waals surface area contributed by atoms with Gasteiger partial charge < -0.3 is 37.4 Å². The summed E-state index contributed by atoms with van der Waals surface area (Å²) in [5.41, 5.74) is 11.5. The Kier molecular flexibility index (Phi) is 19.5. The molecular weight excluding hydrogens is 1140 g/mol. The van der Waals surface area contributed by atoms with E-state index in [4.69, 9.17) is 30.4 Å². The lowest BCUT2D eigenvalue weighted by atomic mass is 10.0. The van der Waals surface area contributed by atoms with E-state index in [1.165, 1.54) is 54.1 Å². The van der Waals surface area contributed by atoms with Crippen LogP contribution in [0.5, 0.6) is 17.2 Å². The number of rotatable bonds is 20. The van der Waals surface area contributed by atoms with Gasteiger partial charge in [-0.3, -0.25) is 16.2 Å². The molecule has 1 aliphatic heterocycles. The van der Waals surface area contributed by atoms with Gasteiger partial charge in [0.1, 0.15) is 46.4 Å². The van der Waals surface area contributed by atoms with Crippen molar-refractivity contribution >= 4 is 49.5 Å². The summed E-state index contributed by atoms with van der Waals surface area (Å²) in [7, 11) is 0. The van der Waals surface area contributed by atoms with Crippen LogP contribution < -0.4 is 30.3 Å². The first-order chi connectivity index (χ1) is 41.4. The zero-order chi connectivity index (χ0) is 59.1. The predicted octanol–water partition coefficient (Wildman–Crippen LogP) is 15.4. The second kappa shape index (κ2) is 28.2. The molecule has 0 unspecified atom stereocenters. The molecule has 0 bridgehead atoms. The zero-order valence-corrected chi connectivity index (χ0v) is 48.2. The van der Waals surface area contributed by atoms with Crippen molar-refractivity contribution in [3.8, 4) is 28.4 Å². The third-order valence-electron chi connectivity index (χ3n) is 14.5. The van der Waals surface area contributed by atoms with Crippen molar-refractivity contribution in [3.63, 3.8) is 0 Å². The van der Waals surface area contributed by atoms with Gasteiger partial charge in [-0.25, -0.2) is 17.6 Å². The molecule has 3 N–H and O–H groups in total. The number of aryl methyl sites for hydroxylation is 2. The normalized spacial score (nSPS) is 11.7. The average Bonchev–Trinajstić information content (AvgIpc) is 2.53. The van der Waals surface area contributed by atoms with Crippen molar-refractivity contribution in [1.82, 2.24) is 18.3 Å². The highest BCUT2D eigenvalue weighted by molar-refractivity contribution is 9.10. The molecule has 432 valence electrons. The minimum Gasteiger partial charge on any atom is -0.494 e. The van der Waals surface area contributed by atoms with Crippen molar-refractivity contribution in [2.24, 2.45) is 0 Å². The first kappa shape index (κ1) is 58.8. The Bertz CT molecular complexity index is 4110. The number of para-hydroxylation sites is 5. The Hall–Kier alpha value is -9.41. The summed E-state index contributed by atoms with van der Waals surface area (Å²) in [4.78, 5) is 2.03. The number of nitrogens with one attached hydrogen (secondary N) is 3. The highest BCUT2D eigenvalue weighted by Crippen LogP contribution is 2.29. The maximum Gasteiger partial charge on any atom is 0.203 e. The summed E-state index contributed by atoms with van der Waals surface area (Å²) < 4.78 is 78.1. The highest BCUT2D eigenvalue weighted by atomic mass is 79.9. The van der Waals surface area contributed by atoms with Crippen LogP contribution >= 0.6 is 15.9 Å². The maximum atomic E-state index is 13.2. The molecule has 2 aromatic heterocycles. The number of aromatic nitrogens is 4. The first-order valence-corrected chi connectivity index (χ1v) is 28.9. The van der Waals surface area contributed by atoms with Crippen molar-refractivity contribution in [2.45, 2.75) is 51.9 Å². The summed E-state index contributed by atoms with van der Waals surface area (Å²) in [6.45, 7) is 4.82. The largest absolute Gasteiger partial charge is 0.494 e. The van der Waals surface area contributed by atoms with Crippen molar-refractivity contribution in [2.75, 3.05) is 31.3 Å². The van der Waals surface area contributed by atoms with Crippen LogP contribution in [0.2, 0.25) is 0 Å². The van der Waals surface area contributed by atoms with E-state index in [0.29, 0.717) is 93.2 Å². The molecule has 11 nitrogen and oxygen atoms in total. The number of anilines is 1. The molecule has 0 radical (unpaired) electrons. The number of imidazole rings is 2. The van der Waals surface area contributed by atoms with Crippen LogP contribution in [0.15, 0.2) is 223 Å². The fourth-order valence-electron chi connectivity index (χ4n) is 10.2.